The van der Waals surface area contributed by atoms with E-state index >= 15 is 0 Å². The normalized spacial score (nSPS) is 22.8. The highest BCUT2D eigenvalue weighted by molar-refractivity contribution is 5.59. The molecule has 2 aliphatic rings. The van der Waals surface area contributed by atoms with Gasteiger partial charge < -0.3 is 24.4 Å². The zero-order valence-corrected chi connectivity index (χ0v) is 18.5. The lowest BCUT2D eigenvalue weighted by molar-refractivity contribution is 0.0809. The average Bonchev–Trinajstić information content (AvgIpc) is 3.31. The molecule has 3 aromatic rings. The third-order valence-electron chi connectivity index (χ3n) is 6.73. The van der Waals surface area contributed by atoms with Crippen molar-refractivity contribution in [1.82, 2.24) is 19.6 Å². The molecule has 4 atom stereocenters. The molecule has 2 fully saturated rings. The van der Waals surface area contributed by atoms with Crippen LogP contribution in [-0.4, -0.2) is 67.3 Å². The molecule has 0 amide bonds. The van der Waals surface area contributed by atoms with E-state index in [1.54, 1.807) is 13.1 Å². The molecular weight excluding hydrogens is 420 g/mol. The van der Waals surface area contributed by atoms with Gasteiger partial charge in [0.1, 0.15) is 17.6 Å². The molecule has 1 aliphatic heterocycles. The van der Waals surface area contributed by atoms with Crippen LogP contribution in [0.15, 0.2) is 47.2 Å². The van der Waals surface area contributed by atoms with E-state index in [-0.39, 0.29) is 19.3 Å². The highest BCUT2D eigenvalue weighted by Gasteiger charge is 2.55. The summed E-state index contributed by atoms with van der Waals surface area (Å²) >= 11 is 0. The summed E-state index contributed by atoms with van der Waals surface area (Å²) in [6, 6.07) is 9.70. The summed E-state index contributed by atoms with van der Waals surface area (Å²) in [6.45, 7) is 3.97. The smallest absolute Gasteiger partial charge is 0.167 e. The molecule has 1 aromatic carbocycles. The number of aliphatic hydroxyl groups excluding tert-OH is 3. The topological polar surface area (TPSA) is 108 Å². The van der Waals surface area contributed by atoms with Gasteiger partial charge in [-0.2, -0.15) is 0 Å². The van der Waals surface area contributed by atoms with Crippen LogP contribution < -0.4 is 0 Å². The second kappa shape index (κ2) is 9.12. The summed E-state index contributed by atoms with van der Waals surface area (Å²) in [7, 11) is 0. The SMILES string of the molecule is C[C@H](O)c1nccn1Cc1cc(-c2ccc(C#CC3[C@H]4CN(C(CO)CO)C[C@@H]34)cc2)on1. The Balaban J connectivity index is 1.19. The Kier molecular flexibility index (Phi) is 6.04. The second-order valence-electron chi connectivity index (χ2n) is 8.94. The molecule has 1 unspecified atom stereocenters. The fourth-order valence-corrected chi connectivity index (χ4v) is 4.76. The lowest BCUT2D eigenvalue weighted by atomic mass is 10.1. The minimum absolute atomic E-state index is 0.00220. The lowest BCUT2D eigenvalue weighted by Crippen LogP contribution is -2.40. The second-order valence-corrected chi connectivity index (χ2v) is 8.94. The van der Waals surface area contributed by atoms with Gasteiger partial charge >= 0.3 is 0 Å². The van der Waals surface area contributed by atoms with Crippen molar-refractivity contribution >= 4 is 0 Å². The summed E-state index contributed by atoms with van der Waals surface area (Å²) in [5.74, 6) is 9.48. The first kappa shape index (κ1) is 21.9. The maximum atomic E-state index is 9.80. The van der Waals surface area contributed by atoms with Crippen LogP contribution in [0, 0.1) is 29.6 Å². The van der Waals surface area contributed by atoms with Crippen LogP contribution in [0.25, 0.3) is 11.3 Å². The van der Waals surface area contributed by atoms with Crippen LogP contribution in [0.1, 0.15) is 30.1 Å². The number of benzene rings is 1. The molecule has 1 saturated carbocycles. The summed E-state index contributed by atoms with van der Waals surface area (Å²) in [5, 5.41) is 32.7. The summed E-state index contributed by atoms with van der Waals surface area (Å²) in [4.78, 5) is 6.35. The zero-order valence-electron chi connectivity index (χ0n) is 18.5. The minimum Gasteiger partial charge on any atom is -0.395 e. The number of rotatable bonds is 7. The average molecular weight is 449 g/mol. The van der Waals surface area contributed by atoms with E-state index in [9.17, 15) is 15.3 Å². The van der Waals surface area contributed by atoms with Crippen LogP contribution >= 0.6 is 0 Å². The number of piperidine rings is 1. The first-order chi connectivity index (χ1) is 16.1. The Hall–Kier alpha value is -2.96. The van der Waals surface area contributed by atoms with Crippen LogP contribution in [0.3, 0.4) is 0 Å². The first-order valence-corrected chi connectivity index (χ1v) is 11.3. The monoisotopic (exact) mass is 448 g/mol. The molecule has 2 aromatic heterocycles. The molecule has 0 spiro atoms. The van der Waals surface area contributed by atoms with Crippen LogP contribution in [0.2, 0.25) is 0 Å². The highest BCUT2D eigenvalue weighted by atomic mass is 16.5. The number of aromatic nitrogens is 3. The van der Waals surface area contributed by atoms with Gasteiger partial charge in [0.2, 0.25) is 0 Å². The Morgan fingerprint density at radius 3 is 2.55 bits per heavy atom. The predicted molar refractivity (Wildman–Crippen MR) is 121 cm³/mol. The number of nitrogens with zero attached hydrogens (tertiary/aromatic N) is 4. The largest absolute Gasteiger partial charge is 0.395 e. The zero-order chi connectivity index (χ0) is 22.9. The molecule has 172 valence electrons. The quantitative estimate of drug-likeness (QED) is 0.471. The fourth-order valence-electron chi connectivity index (χ4n) is 4.76. The molecule has 5 rings (SSSR count). The number of aliphatic hydroxyl groups is 3. The maximum absolute atomic E-state index is 9.80. The van der Waals surface area contributed by atoms with Gasteiger partial charge in [0.15, 0.2) is 5.76 Å². The molecule has 0 bridgehead atoms. The van der Waals surface area contributed by atoms with E-state index in [4.69, 9.17) is 4.52 Å². The van der Waals surface area contributed by atoms with E-state index in [1.807, 2.05) is 41.1 Å². The van der Waals surface area contributed by atoms with E-state index < -0.39 is 6.10 Å². The van der Waals surface area contributed by atoms with Gasteiger partial charge in [-0.15, -0.1) is 0 Å². The number of hydrogen-bond acceptors (Lipinski definition) is 7. The van der Waals surface area contributed by atoms with Crippen LogP contribution in [0.4, 0.5) is 0 Å². The van der Waals surface area contributed by atoms with Gasteiger partial charge in [-0.05, 0) is 43.0 Å². The van der Waals surface area contributed by atoms with Crippen LogP contribution in [-0.2, 0) is 6.54 Å². The van der Waals surface area contributed by atoms with E-state index in [0.717, 1.165) is 29.9 Å². The molecule has 1 saturated heterocycles. The predicted octanol–water partition coefficient (Wildman–Crippen LogP) is 1.52. The molecule has 33 heavy (non-hydrogen) atoms. The van der Waals surface area contributed by atoms with E-state index in [1.165, 1.54) is 0 Å². The van der Waals surface area contributed by atoms with Gasteiger partial charge in [0.25, 0.3) is 0 Å². The van der Waals surface area contributed by atoms with Gasteiger partial charge in [-0.1, -0.05) is 17.0 Å². The molecule has 1 aliphatic carbocycles. The molecular formula is C25H28N4O4. The third-order valence-corrected chi connectivity index (χ3v) is 6.73. The molecule has 8 heteroatoms. The molecule has 8 nitrogen and oxygen atoms in total. The summed E-state index contributed by atoms with van der Waals surface area (Å²) < 4.78 is 7.38. The van der Waals surface area contributed by atoms with Crippen molar-refractivity contribution in [1.29, 1.82) is 0 Å². The number of likely N-dealkylation sites (tertiary alicyclic amines) is 1. The Morgan fingerprint density at radius 1 is 1.15 bits per heavy atom. The van der Waals surface area contributed by atoms with Crippen molar-refractivity contribution in [2.45, 2.75) is 25.6 Å². The van der Waals surface area contributed by atoms with E-state index in [2.05, 4.69) is 26.9 Å². The van der Waals surface area contributed by atoms with Crippen molar-refractivity contribution in [2.75, 3.05) is 26.3 Å². The van der Waals surface area contributed by atoms with Gasteiger partial charge in [0, 0.05) is 48.6 Å². The number of hydrogen-bond donors (Lipinski definition) is 3. The molecule has 3 N–H and O–H groups in total. The van der Waals surface area contributed by atoms with Gasteiger partial charge in [0.05, 0.1) is 25.8 Å². The fraction of sp³-hybridized carbons (Fsp3) is 0.440. The third kappa shape index (κ3) is 4.45. The summed E-state index contributed by atoms with van der Waals surface area (Å²) in [5.41, 5.74) is 2.65. The highest BCUT2D eigenvalue weighted by Crippen LogP contribution is 2.51. The van der Waals surface area contributed by atoms with Crippen LogP contribution in [0.5, 0.6) is 0 Å². The Labute approximate surface area is 192 Å². The minimum atomic E-state index is -0.646. The number of fused-ring (bicyclic) bond motifs is 1. The van der Waals surface area contributed by atoms with Crippen molar-refractivity contribution in [3.05, 3.63) is 59.8 Å². The van der Waals surface area contributed by atoms with E-state index in [0.29, 0.717) is 35.9 Å². The Bertz CT molecular complexity index is 1140. The van der Waals surface area contributed by atoms with Gasteiger partial charge in [-0.25, -0.2) is 4.98 Å². The lowest BCUT2D eigenvalue weighted by Gasteiger charge is -2.25. The van der Waals surface area contributed by atoms with Crippen molar-refractivity contribution < 1.29 is 19.8 Å². The summed E-state index contributed by atoms with van der Waals surface area (Å²) in [6.07, 6.45) is 2.83. The number of imidazole rings is 1. The molecule has 3 heterocycles. The first-order valence-electron chi connectivity index (χ1n) is 11.3. The van der Waals surface area contributed by atoms with Crippen molar-refractivity contribution in [3.63, 3.8) is 0 Å². The Morgan fingerprint density at radius 2 is 1.88 bits per heavy atom. The maximum Gasteiger partial charge on any atom is 0.167 e. The standard InChI is InChI=1S/C25H28N4O4/c1-16(32)25-26-8-9-28(25)11-19-10-24(33-27-19)18-5-2-17(3-6-18)4-7-21-22-12-29(13-23(21)22)20(14-30)15-31/h2-3,5-6,8-10,16,20-23,30-32H,11-15H2,1H3/t16-,21?,22-,23+/m0/s1. The van der Waals surface area contributed by atoms with Crippen molar-refractivity contribution in [2.24, 2.45) is 17.8 Å². The van der Waals surface area contributed by atoms with Crippen molar-refractivity contribution in [3.8, 4) is 23.2 Å². The van der Waals surface area contributed by atoms with Gasteiger partial charge in [-0.3, -0.25) is 4.90 Å². The molecule has 0 radical (unpaired) electrons.